The van der Waals surface area contributed by atoms with Gasteiger partial charge in [-0.3, -0.25) is 0 Å². The molecule has 0 aromatic carbocycles. The first kappa shape index (κ1) is 6.73. The molecule has 0 radical (unpaired) electrons. The Balaban J connectivity index is 2.65. The average molecular weight is 148 g/mol. The Kier molecular flexibility index (Phi) is 1.56. The molecule has 0 unspecified atom stereocenters. The summed E-state index contributed by atoms with van der Waals surface area (Å²) in [6, 6.07) is 0. The van der Waals surface area contributed by atoms with Crippen molar-refractivity contribution >= 4 is 17.3 Å². The van der Waals surface area contributed by atoms with Crippen molar-refractivity contribution in [2.75, 3.05) is 7.05 Å². The van der Waals surface area contributed by atoms with Crippen LogP contribution in [0.25, 0.3) is 0 Å². The summed E-state index contributed by atoms with van der Waals surface area (Å²) < 4.78 is 0. The predicted molar refractivity (Wildman–Crippen MR) is 35.5 cm³/mol. The maximum atomic E-state index is 8.96. The van der Waals surface area contributed by atoms with Gasteiger partial charge in [-0.25, -0.2) is 0 Å². The van der Waals surface area contributed by atoms with E-state index in [1.165, 1.54) is 4.90 Å². The molecule has 0 aromatic heterocycles. The van der Waals surface area contributed by atoms with Gasteiger partial charge in [0.05, 0.1) is 0 Å². The summed E-state index contributed by atoms with van der Waals surface area (Å²) in [6.45, 7) is 0. The lowest BCUT2D eigenvalue weighted by Crippen LogP contribution is -2.33. The first-order chi connectivity index (χ1) is 4.13. The van der Waals surface area contributed by atoms with Gasteiger partial charge in [-0.15, -0.1) is 0 Å². The standard InChI is InChI=1S/C4H8N2O2S/c1-6-3(8)2(7)5-4(6)9/h2-3,7-8H,1H3,(H,5,9)/t2-,3+/m0/s1. The first-order valence-electron chi connectivity index (χ1n) is 2.52. The van der Waals surface area contributed by atoms with Gasteiger partial charge in [0, 0.05) is 7.05 Å². The Labute approximate surface area is 58.1 Å². The monoisotopic (exact) mass is 148 g/mol. The van der Waals surface area contributed by atoms with Crippen molar-refractivity contribution in [3.8, 4) is 0 Å². The van der Waals surface area contributed by atoms with Gasteiger partial charge in [0.1, 0.15) is 0 Å². The van der Waals surface area contributed by atoms with Gasteiger partial charge in [0.15, 0.2) is 17.6 Å². The van der Waals surface area contributed by atoms with Crippen molar-refractivity contribution in [2.24, 2.45) is 0 Å². The lowest BCUT2D eigenvalue weighted by Gasteiger charge is -2.13. The van der Waals surface area contributed by atoms with E-state index in [1.54, 1.807) is 7.05 Å². The zero-order valence-corrected chi connectivity index (χ0v) is 5.72. The molecule has 0 aliphatic carbocycles. The van der Waals surface area contributed by atoms with Gasteiger partial charge in [-0.05, 0) is 12.2 Å². The maximum absolute atomic E-state index is 8.96. The highest BCUT2D eigenvalue weighted by Gasteiger charge is 2.30. The minimum Gasteiger partial charge on any atom is -0.369 e. The van der Waals surface area contributed by atoms with Gasteiger partial charge in [0.2, 0.25) is 0 Å². The third-order valence-electron chi connectivity index (χ3n) is 1.27. The summed E-state index contributed by atoms with van der Waals surface area (Å²) >= 11 is 4.69. The van der Waals surface area contributed by atoms with Crippen molar-refractivity contribution in [1.29, 1.82) is 0 Å². The molecule has 0 saturated carbocycles. The molecule has 1 fully saturated rings. The second kappa shape index (κ2) is 2.09. The number of hydrogen-bond donors (Lipinski definition) is 3. The second-order valence-electron chi connectivity index (χ2n) is 1.92. The van der Waals surface area contributed by atoms with Gasteiger partial charge in [-0.1, -0.05) is 0 Å². The first-order valence-corrected chi connectivity index (χ1v) is 2.93. The molecule has 1 heterocycles. The molecular weight excluding hydrogens is 140 g/mol. The Hall–Kier alpha value is -0.390. The Morgan fingerprint density at radius 2 is 2.22 bits per heavy atom. The van der Waals surface area contributed by atoms with Crippen LogP contribution in [0.3, 0.4) is 0 Å². The molecule has 1 aliphatic heterocycles. The smallest absolute Gasteiger partial charge is 0.173 e. The summed E-state index contributed by atoms with van der Waals surface area (Å²) in [6.07, 6.45) is -1.85. The highest BCUT2D eigenvalue weighted by molar-refractivity contribution is 7.80. The van der Waals surface area contributed by atoms with Gasteiger partial charge < -0.3 is 20.4 Å². The molecule has 4 nitrogen and oxygen atoms in total. The van der Waals surface area contributed by atoms with Crippen LogP contribution in [0, 0.1) is 0 Å². The quantitative estimate of drug-likeness (QED) is 0.363. The molecule has 1 rings (SSSR count). The number of thiocarbonyl (C=S) groups is 1. The third kappa shape index (κ3) is 0.983. The molecule has 0 amide bonds. The lowest BCUT2D eigenvalue weighted by atomic mass is 10.5. The molecule has 2 atom stereocenters. The molecule has 0 bridgehead atoms. The van der Waals surface area contributed by atoms with Crippen LogP contribution in [0.5, 0.6) is 0 Å². The molecule has 5 heteroatoms. The molecule has 52 valence electrons. The lowest BCUT2D eigenvalue weighted by molar-refractivity contribution is -0.0235. The fourth-order valence-electron chi connectivity index (χ4n) is 0.635. The number of aliphatic hydroxyl groups excluding tert-OH is 2. The van der Waals surface area contributed by atoms with E-state index in [4.69, 9.17) is 22.4 Å². The number of nitrogens with one attached hydrogen (secondary N) is 1. The second-order valence-corrected chi connectivity index (χ2v) is 2.31. The van der Waals surface area contributed by atoms with Crippen LogP contribution in [-0.4, -0.2) is 39.7 Å². The highest BCUT2D eigenvalue weighted by Crippen LogP contribution is 2.05. The summed E-state index contributed by atoms with van der Waals surface area (Å²) in [4.78, 5) is 1.39. The normalized spacial score (nSPS) is 35.0. The maximum Gasteiger partial charge on any atom is 0.173 e. The summed E-state index contributed by atoms with van der Waals surface area (Å²) in [7, 11) is 1.61. The fraction of sp³-hybridized carbons (Fsp3) is 0.750. The van der Waals surface area contributed by atoms with Crippen molar-refractivity contribution < 1.29 is 10.2 Å². The zero-order chi connectivity index (χ0) is 7.02. The van der Waals surface area contributed by atoms with E-state index in [0.717, 1.165) is 0 Å². The van der Waals surface area contributed by atoms with Crippen LogP contribution < -0.4 is 5.32 Å². The molecule has 1 saturated heterocycles. The van der Waals surface area contributed by atoms with Crippen molar-refractivity contribution in [1.82, 2.24) is 10.2 Å². The molecule has 3 N–H and O–H groups in total. The molecular formula is C4H8N2O2S. The van der Waals surface area contributed by atoms with Crippen LogP contribution in [0.15, 0.2) is 0 Å². The van der Waals surface area contributed by atoms with Crippen molar-refractivity contribution in [2.45, 2.75) is 12.5 Å². The topological polar surface area (TPSA) is 55.7 Å². The van der Waals surface area contributed by atoms with E-state index in [1.807, 2.05) is 0 Å². The van der Waals surface area contributed by atoms with Gasteiger partial charge in [0.25, 0.3) is 0 Å². The molecule has 9 heavy (non-hydrogen) atoms. The molecule has 1 aliphatic rings. The number of aliphatic hydroxyl groups is 2. The average Bonchev–Trinajstić information content (AvgIpc) is 1.98. The zero-order valence-electron chi connectivity index (χ0n) is 4.90. The third-order valence-corrected chi connectivity index (χ3v) is 1.68. The van der Waals surface area contributed by atoms with E-state index >= 15 is 0 Å². The van der Waals surface area contributed by atoms with E-state index < -0.39 is 12.5 Å². The number of nitrogens with zero attached hydrogens (tertiary/aromatic N) is 1. The van der Waals surface area contributed by atoms with Crippen LogP contribution in [0.2, 0.25) is 0 Å². The number of likely N-dealkylation sites (N-methyl/N-ethyl adjacent to an activating group) is 1. The van der Waals surface area contributed by atoms with Gasteiger partial charge >= 0.3 is 0 Å². The Morgan fingerprint density at radius 1 is 1.67 bits per heavy atom. The summed E-state index contributed by atoms with van der Waals surface area (Å²) in [5.74, 6) is 0. The van der Waals surface area contributed by atoms with Crippen LogP contribution >= 0.6 is 12.2 Å². The van der Waals surface area contributed by atoms with Crippen LogP contribution in [0.1, 0.15) is 0 Å². The summed E-state index contributed by atoms with van der Waals surface area (Å²) in [5.41, 5.74) is 0. The van der Waals surface area contributed by atoms with Gasteiger partial charge in [-0.2, -0.15) is 0 Å². The van der Waals surface area contributed by atoms with E-state index in [2.05, 4.69) is 5.32 Å². The van der Waals surface area contributed by atoms with E-state index in [-0.39, 0.29) is 0 Å². The predicted octanol–water partition coefficient (Wildman–Crippen LogP) is -1.56. The minimum atomic E-state index is -0.942. The molecule has 0 aromatic rings. The van der Waals surface area contributed by atoms with Crippen LogP contribution in [-0.2, 0) is 0 Å². The Bertz CT molecular complexity index is 141. The number of hydrogen-bond acceptors (Lipinski definition) is 3. The minimum absolute atomic E-state index is 0.370. The van der Waals surface area contributed by atoms with E-state index in [0.29, 0.717) is 5.11 Å². The van der Waals surface area contributed by atoms with Crippen LogP contribution in [0.4, 0.5) is 0 Å². The van der Waals surface area contributed by atoms with E-state index in [9.17, 15) is 0 Å². The molecule has 0 spiro atoms. The summed E-state index contributed by atoms with van der Waals surface area (Å²) in [5, 5.41) is 20.7. The number of rotatable bonds is 0. The van der Waals surface area contributed by atoms with Crippen molar-refractivity contribution in [3.63, 3.8) is 0 Å². The van der Waals surface area contributed by atoms with Crippen molar-refractivity contribution in [3.05, 3.63) is 0 Å². The fourth-order valence-corrected chi connectivity index (χ4v) is 0.864. The highest BCUT2D eigenvalue weighted by atomic mass is 32.1. The largest absolute Gasteiger partial charge is 0.369 e. The SMILES string of the molecule is CN1C(=S)N[C@@H](O)[C@H]1O. The Morgan fingerprint density at radius 3 is 2.33 bits per heavy atom.